The molecule has 0 spiro atoms. The zero-order valence-electron chi connectivity index (χ0n) is 12.5. The second-order valence-corrected chi connectivity index (χ2v) is 5.34. The van der Waals surface area contributed by atoms with E-state index in [9.17, 15) is 9.59 Å². The third-order valence-electron chi connectivity index (χ3n) is 3.56. The molecule has 0 unspecified atom stereocenters. The molecule has 2 amide bonds. The summed E-state index contributed by atoms with van der Waals surface area (Å²) in [6, 6.07) is 7.31. The highest BCUT2D eigenvalue weighted by molar-refractivity contribution is 5.92. The quantitative estimate of drug-likeness (QED) is 0.809. The van der Waals surface area contributed by atoms with Crippen molar-refractivity contribution in [1.82, 2.24) is 5.32 Å². The maximum Gasteiger partial charge on any atom is 0.226 e. The maximum atomic E-state index is 11.9. The Morgan fingerprint density at radius 1 is 1.33 bits per heavy atom. The van der Waals surface area contributed by atoms with E-state index in [4.69, 9.17) is 4.74 Å². The molecule has 1 aliphatic rings. The molecule has 2 atom stereocenters. The molecule has 1 fully saturated rings. The number of carbonyl (C=O) groups excluding carboxylic acids is 2. The molecular weight excluding hydrogens is 268 g/mol. The number of hydrogen-bond donors (Lipinski definition) is 2. The van der Waals surface area contributed by atoms with Crippen LogP contribution in [0.4, 0.5) is 5.69 Å². The van der Waals surface area contributed by atoms with Gasteiger partial charge in [0.15, 0.2) is 0 Å². The van der Waals surface area contributed by atoms with Crippen LogP contribution in [-0.4, -0.2) is 25.0 Å². The first-order valence-corrected chi connectivity index (χ1v) is 7.41. The van der Waals surface area contributed by atoms with Gasteiger partial charge in [-0.05, 0) is 31.4 Å². The molecule has 21 heavy (non-hydrogen) atoms. The first-order chi connectivity index (χ1) is 10.1. The summed E-state index contributed by atoms with van der Waals surface area (Å²) in [6.45, 7) is 4.86. The average molecular weight is 290 g/mol. The lowest BCUT2D eigenvalue weighted by molar-refractivity contribution is -0.122. The lowest BCUT2D eigenvalue weighted by atomic mass is 10.2. The third-order valence-corrected chi connectivity index (χ3v) is 3.56. The summed E-state index contributed by atoms with van der Waals surface area (Å²) in [6.07, 6.45) is 1.22. The summed E-state index contributed by atoms with van der Waals surface area (Å²) in [5.41, 5.74) is 0.659. The van der Waals surface area contributed by atoms with Gasteiger partial charge in [-0.25, -0.2) is 0 Å². The number of para-hydroxylation sites is 2. The third kappa shape index (κ3) is 4.48. The number of carbonyl (C=O) groups is 2. The van der Waals surface area contributed by atoms with Crippen molar-refractivity contribution in [3.05, 3.63) is 24.3 Å². The van der Waals surface area contributed by atoms with Crippen LogP contribution in [0, 0.1) is 11.8 Å². The summed E-state index contributed by atoms with van der Waals surface area (Å²) in [5, 5.41) is 5.61. The van der Waals surface area contributed by atoms with Crippen molar-refractivity contribution in [2.45, 2.75) is 26.7 Å². The van der Waals surface area contributed by atoms with E-state index in [0.29, 0.717) is 30.5 Å². The average Bonchev–Trinajstić information content (AvgIpc) is 3.18. The minimum Gasteiger partial charge on any atom is -0.492 e. The Bertz CT molecular complexity index is 516. The zero-order valence-corrected chi connectivity index (χ0v) is 12.5. The predicted molar refractivity (Wildman–Crippen MR) is 81.1 cm³/mol. The van der Waals surface area contributed by atoms with E-state index in [1.807, 2.05) is 25.1 Å². The smallest absolute Gasteiger partial charge is 0.226 e. The Morgan fingerprint density at radius 3 is 2.71 bits per heavy atom. The maximum absolute atomic E-state index is 11.9. The summed E-state index contributed by atoms with van der Waals surface area (Å²) < 4.78 is 5.45. The first kappa shape index (κ1) is 15.4. The molecule has 1 aliphatic carbocycles. The Labute approximate surface area is 125 Å². The Hall–Kier alpha value is -2.04. The number of amides is 2. The van der Waals surface area contributed by atoms with Crippen LogP contribution in [0.25, 0.3) is 0 Å². The topological polar surface area (TPSA) is 67.4 Å². The summed E-state index contributed by atoms with van der Waals surface area (Å²) in [5.74, 6) is 1.21. The largest absolute Gasteiger partial charge is 0.492 e. The normalized spacial score (nSPS) is 19.7. The van der Waals surface area contributed by atoms with Crippen LogP contribution >= 0.6 is 0 Å². The number of ether oxygens (including phenoxy) is 1. The van der Waals surface area contributed by atoms with Gasteiger partial charge in [-0.1, -0.05) is 19.1 Å². The molecule has 0 saturated heterocycles. The first-order valence-electron chi connectivity index (χ1n) is 7.41. The molecule has 0 aromatic heterocycles. The van der Waals surface area contributed by atoms with E-state index in [2.05, 4.69) is 17.6 Å². The Kier molecular flexibility index (Phi) is 5.20. The van der Waals surface area contributed by atoms with Crippen LogP contribution in [0.3, 0.4) is 0 Å². The fourth-order valence-corrected chi connectivity index (χ4v) is 2.18. The van der Waals surface area contributed by atoms with Crippen molar-refractivity contribution in [1.29, 1.82) is 0 Å². The van der Waals surface area contributed by atoms with Crippen molar-refractivity contribution in [3.8, 4) is 5.75 Å². The highest BCUT2D eigenvalue weighted by Crippen LogP contribution is 2.37. The monoisotopic (exact) mass is 290 g/mol. The van der Waals surface area contributed by atoms with Crippen molar-refractivity contribution in [3.63, 3.8) is 0 Å². The van der Waals surface area contributed by atoms with Gasteiger partial charge in [0.25, 0.3) is 0 Å². The molecule has 5 heteroatoms. The molecule has 1 saturated carbocycles. The molecule has 2 rings (SSSR count). The molecule has 114 valence electrons. The van der Waals surface area contributed by atoms with Crippen LogP contribution in [-0.2, 0) is 9.59 Å². The lowest BCUT2D eigenvalue weighted by Gasteiger charge is -2.11. The van der Waals surface area contributed by atoms with Crippen molar-refractivity contribution in [2.75, 3.05) is 18.5 Å². The van der Waals surface area contributed by atoms with E-state index < -0.39 is 0 Å². The second kappa shape index (κ2) is 7.11. The predicted octanol–water partition coefficient (Wildman–Crippen LogP) is 2.19. The van der Waals surface area contributed by atoms with Crippen LogP contribution in [0.5, 0.6) is 5.75 Å². The van der Waals surface area contributed by atoms with E-state index in [0.717, 1.165) is 6.42 Å². The van der Waals surface area contributed by atoms with Gasteiger partial charge >= 0.3 is 0 Å². The molecule has 0 aliphatic heterocycles. The van der Waals surface area contributed by atoms with E-state index >= 15 is 0 Å². The van der Waals surface area contributed by atoms with Gasteiger partial charge in [0.1, 0.15) is 5.75 Å². The SMILES string of the molecule is CCOc1ccccc1NC(=O)CCNC(=O)[C@H]1C[C@H]1C. The minimum atomic E-state index is -0.133. The van der Waals surface area contributed by atoms with Gasteiger partial charge in [-0.3, -0.25) is 9.59 Å². The fourth-order valence-electron chi connectivity index (χ4n) is 2.18. The van der Waals surface area contributed by atoms with Crippen LogP contribution in [0.2, 0.25) is 0 Å². The van der Waals surface area contributed by atoms with Crippen molar-refractivity contribution < 1.29 is 14.3 Å². The second-order valence-electron chi connectivity index (χ2n) is 5.34. The summed E-state index contributed by atoms with van der Waals surface area (Å²) in [7, 11) is 0. The van der Waals surface area contributed by atoms with Crippen LogP contribution in [0.1, 0.15) is 26.7 Å². The highest BCUT2D eigenvalue weighted by atomic mass is 16.5. The number of anilines is 1. The molecule has 5 nitrogen and oxygen atoms in total. The Morgan fingerprint density at radius 2 is 2.05 bits per heavy atom. The lowest BCUT2D eigenvalue weighted by Crippen LogP contribution is -2.29. The molecule has 1 aromatic carbocycles. The fraction of sp³-hybridized carbons (Fsp3) is 0.500. The van der Waals surface area contributed by atoms with Gasteiger partial charge in [0.2, 0.25) is 11.8 Å². The van der Waals surface area contributed by atoms with E-state index in [1.165, 1.54) is 0 Å². The van der Waals surface area contributed by atoms with Gasteiger partial charge < -0.3 is 15.4 Å². The van der Waals surface area contributed by atoms with E-state index in [1.54, 1.807) is 6.07 Å². The number of benzene rings is 1. The zero-order chi connectivity index (χ0) is 15.2. The standard InChI is InChI=1S/C16H22N2O3/c1-3-21-14-7-5-4-6-13(14)18-15(19)8-9-17-16(20)12-10-11(12)2/h4-7,11-12H,3,8-10H2,1-2H3,(H,17,20)(H,18,19)/t11-,12+/m1/s1. The van der Waals surface area contributed by atoms with Gasteiger partial charge in [0, 0.05) is 18.9 Å². The molecule has 1 aromatic rings. The van der Waals surface area contributed by atoms with Crippen molar-refractivity contribution in [2.24, 2.45) is 11.8 Å². The van der Waals surface area contributed by atoms with Gasteiger partial charge in [-0.2, -0.15) is 0 Å². The molecule has 0 bridgehead atoms. The van der Waals surface area contributed by atoms with E-state index in [-0.39, 0.29) is 24.2 Å². The van der Waals surface area contributed by atoms with Gasteiger partial charge in [-0.15, -0.1) is 0 Å². The summed E-state index contributed by atoms with van der Waals surface area (Å²) >= 11 is 0. The molecule has 2 N–H and O–H groups in total. The van der Waals surface area contributed by atoms with Gasteiger partial charge in [0.05, 0.1) is 12.3 Å². The Balaban J connectivity index is 1.75. The highest BCUT2D eigenvalue weighted by Gasteiger charge is 2.38. The van der Waals surface area contributed by atoms with Crippen LogP contribution < -0.4 is 15.4 Å². The number of rotatable bonds is 7. The molecule has 0 radical (unpaired) electrons. The van der Waals surface area contributed by atoms with Crippen LogP contribution in [0.15, 0.2) is 24.3 Å². The molecular formula is C16H22N2O3. The summed E-state index contributed by atoms with van der Waals surface area (Å²) in [4.78, 5) is 23.5. The number of hydrogen-bond acceptors (Lipinski definition) is 3. The number of nitrogens with one attached hydrogen (secondary N) is 2. The molecule has 0 heterocycles. The van der Waals surface area contributed by atoms with Crippen molar-refractivity contribution >= 4 is 17.5 Å². The minimum absolute atomic E-state index is 0.0602.